The van der Waals surface area contributed by atoms with Crippen molar-refractivity contribution in [3.63, 3.8) is 0 Å². The summed E-state index contributed by atoms with van der Waals surface area (Å²) in [6, 6.07) is 1.48. The molecule has 1 rings (SSSR count). The number of hydrogen-bond donors (Lipinski definition) is 1. The van der Waals surface area contributed by atoms with Gasteiger partial charge in [-0.15, -0.1) is 0 Å². The third-order valence-corrected chi connectivity index (χ3v) is 4.24. The van der Waals surface area contributed by atoms with Gasteiger partial charge in [0.05, 0.1) is 0 Å². The summed E-state index contributed by atoms with van der Waals surface area (Å²) in [7, 11) is 0. The van der Waals surface area contributed by atoms with Gasteiger partial charge in [-0.2, -0.15) is 0 Å². The zero-order chi connectivity index (χ0) is 13.5. The summed E-state index contributed by atoms with van der Waals surface area (Å²) in [6.07, 6.45) is 5.63. The summed E-state index contributed by atoms with van der Waals surface area (Å²) in [5.41, 5.74) is 0. The summed E-state index contributed by atoms with van der Waals surface area (Å²) in [6.45, 7) is 15.2. The van der Waals surface area contributed by atoms with E-state index in [1.165, 1.54) is 38.8 Å². The van der Waals surface area contributed by atoms with Crippen LogP contribution >= 0.6 is 0 Å². The van der Waals surface area contributed by atoms with Crippen LogP contribution < -0.4 is 5.32 Å². The molecule has 1 aliphatic carbocycles. The van der Waals surface area contributed by atoms with Gasteiger partial charge in [0, 0.05) is 18.6 Å². The van der Waals surface area contributed by atoms with Crippen molar-refractivity contribution in [2.45, 2.75) is 72.4 Å². The first-order valence-electron chi connectivity index (χ1n) is 8.02. The Labute approximate surface area is 115 Å². The molecule has 1 aliphatic rings. The molecule has 0 bridgehead atoms. The Morgan fingerprint density at radius 3 is 2.44 bits per heavy atom. The summed E-state index contributed by atoms with van der Waals surface area (Å²) >= 11 is 0. The van der Waals surface area contributed by atoms with E-state index in [9.17, 15) is 0 Å². The summed E-state index contributed by atoms with van der Waals surface area (Å²) in [4.78, 5) is 2.66. The maximum atomic E-state index is 3.67. The Hall–Kier alpha value is -0.0800. The molecule has 2 heteroatoms. The van der Waals surface area contributed by atoms with Crippen molar-refractivity contribution in [1.29, 1.82) is 0 Å². The maximum absolute atomic E-state index is 3.67. The van der Waals surface area contributed by atoms with Crippen molar-refractivity contribution in [3.8, 4) is 0 Å². The van der Waals surface area contributed by atoms with E-state index < -0.39 is 0 Å². The molecule has 0 aromatic carbocycles. The largest absolute Gasteiger partial charge is 0.314 e. The first kappa shape index (κ1) is 16.0. The van der Waals surface area contributed by atoms with Crippen LogP contribution in [0.5, 0.6) is 0 Å². The highest BCUT2D eigenvalue weighted by Gasteiger charge is 2.26. The molecule has 0 heterocycles. The van der Waals surface area contributed by atoms with Gasteiger partial charge >= 0.3 is 0 Å². The van der Waals surface area contributed by atoms with Crippen LogP contribution in [0.2, 0.25) is 0 Å². The first-order chi connectivity index (χ1) is 8.54. The minimum Gasteiger partial charge on any atom is -0.314 e. The third-order valence-electron chi connectivity index (χ3n) is 4.24. The molecule has 0 saturated heterocycles. The Morgan fingerprint density at radius 2 is 1.89 bits per heavy atom. The van der Waals surface area contributed by atoms with E-state index in [0.29, 0.717) is 6.04 Å². The van der Waals surface area contributed by atoms with Gasteiger partial charge in [0.2, 0.25) is 0 Å². The van der Waals surface area contributed by atoms with Crippen molar-refractivity contribution in [2.75, 3.05) is 19.6 Å². The second kappa shape index (κ2) is 8.16. The van der Waals surface area contributed by atoms with Crippen molar-refractivity contribution in [3.05, 3.63) is 0 Å². The molecule has 1 N–H and O–H groups in total. The van der Waals surface area contributed by atoms with E-state index in [2.05, 4.69) is 44.8 Å². The van der Waals surface area contributed by atoms with Crippen molar-refractivity contribution in [1.82, 2.24) is 10.2 Å². The molecule has 0 aromatic rings. The summed E-state index contributed by atoms with van der Waals surface area (Å²) < 4.78 is 0. The molecule has 2 unspecified atom stereocenters. The van der Waals surface area contributed by atoms with Crippen LogP contribution in [0.1, 0.15) is 60.3 Å². The molecule has 18 heavy (non-hydrogen) atoms. The van der Waals surface area contributed by atoms with Crippen LogP contribution in [0.3, 0.4) is 0 Å². The Bertz CT molecular complexity index is 213. The Balaban J connectivity index is 2.36. The molecule has 1 fully saturated rings. The molecule has 2 atom stereocenters. The van der Waals surface area contributed by atoms with E-state index in [-0.39, 0.29) is 0 Å². The minimum atomic E-state index is 0.686. The van der Waals surface area contributed by atoms with Gasteiger partial charge in [-0.3, -0.25) is 0 Å². The molecule has 0 spiro atoms. The van der Waals surface area contributed by atoms with Crippen LogP contribution in [0.4, 0.5) is 0 Å². The Morgan fingerprint density at radius 1 is 1.17 bits per heavy atom. The third kappa shape index (κ3) is 5.27. The lowest BCUT2D eigenvalue weighted by Gasteiger charge is -2.30. The van der Waals surface area contributed by atoms with E-state index in [0.717, 1.165) is 24.4 Å². The van der Waals surface area contributed by atoms with Crippen LogP contribution in [-0.2, 0) is 0 Å². The predicted molar refractivity (Wildman–Crippen MR) is 81.0 cm³/mol. The fourth-order valence-electron chi connectivity index (χ4n) is 3.27. The minimum absolute atomic E-state index is 0.686. The lowest BCUT2D eigenvalue weighted by atomic mass is 9.98. The number of nitrogens with one attached hydrogen (secondary N) is 1. The molecule has 0 amide bonds. The number of rotatable bonds is 8. The topological polar surface area (TPSA) is 15.3 Å². The SMILES string of the molecule is CCNC1CCCC1CCN(CC(C)C)C(C)C. The molecular weight excluding hydrogens is 220 g/mol. The predicted octanol–water partition coefficient (Wildman–Crippen LogP) is 3.52. The van der Waals surface area contributed by atoms with Crippen molar-refractivity contribution >= 4 is 0 Å². The molecule has 0 radical (unpaired) electrons. The highest BCUT2D eigenvalue weighted by molar-refractivity contribution is 4.83. The zero-order valence-electron chi connectivity index (χ0n) is 13.2. The molecular formula is C16H34N2. The van der Waals surface area contributed by atoms with E-state index in [4.69, 9.17) is 0 Å². The van der Waals surface area contributed by atoms with Crippen LogP contribution in [0.15, 0.2) is 0 Å². The van der Waals surface area contributed by atoms with Gasteiger partial charge in [0.1, 0.15) is 0 Å². The second-order valence-corrected chi connectivity index (χ2v) is 6.63. The fourth-order valence-corrected chi connectivity index (χ4v) is 3.27. The highest BCUT2D eigenvalue weighted by Crippen LogP contribution is 2.28. The first-order valence-corrected chi connectivity index (χ1v) is 8.02. The normalized spacial score (nSPS) is 24.7. The van der Waals surface area contributed by atoms with Gasteiger partial charge < -0.3 is 10.2 Å². The summed E-state index contributed by atoms with van der Waals surface area (Å²) in [5.74, 6) is 1.69. The monoisotopic (exact) mass is 254 g/mol. The zero-order valence-corrected chi connectivity index (χ0v) is 13.2. The second-order valence-electron chi connectivity index (χ2n) is 6.63. The van der Waals surface area contributed by atoms with Gasteiger partial charge in [0.15, 0.2) is 0 Å². The molecule has 0 aromatic heterocycles. The Kier molecular flexibility index (Phi) is 7.25. The lowest BCUT2D eigenvalue weighted by molar-refractivity contribution is 0.179. The standard InChI is InChI=1S/C16H34N2/c1-6-17-16-9-7-8-15(16)10-11-18(14(4)5)12-13(2)3/h13-17H,6-12H2,1-5H3. The van der Waals surface area contributed by atoms with Gasteiger partial charge in [0.25, 0.3) is 0 Å². The smallest absolute Gasteiger partial charge is 0.00956 e. The van der Waals surface area contributed by atoms with Crippen molar-refractivity contribution in [2.24, 2.45) is 11.8 Å². The van der Waals surface area contributed by atoms with Crippen LogP contribution in [0.25, 0.3) is 0 Å². The van der Waals surface area contributed by atoms with Crippen LogP contribution in [0, 0.1) is 11.8 Å². The molecule has 108 valence electrons. The van der Waals surface area contributed by atoms with E-state index in [1.807, 2.05) is 0 Å². The van der Waals surface area contributed by atoms with Gasteiger partial charge in [-0.1, -0.05) is 27.2 Å². The van der Waals surface area contributed by atoms with E-state index >= 15 is 0 Å². The van der Waals surface area contributed by atoms with Gasteiger partial charge in [-0.25, -0.2) is 0 Å². The summed E-state index contributed by atoms with van der Waals surface area (Å²) in [5, 5.41) is 3.67. The lowest BCUT2D eigenvalue weighted by Crippen LogP contribution is -2.38. The molecule has 0 aliphatic heterocycles. The van der Waals surface area contributed by atoms with Crippen LogP contribution in [-0.4, -0.2) is 36.6 Å². The van der Waals surface area contributed by atoms with E-state index in [1.54, 1.807) is 0 Å². The fraction of sp³-hybridized carbons (Fsp3) is 1.00. The molecule has 2 nitrogen and oxygen atoms in total. The molecule has 1 saturated carbocycles. The van der Waals surface area contributed by atoms with Crippen molar-refractivity contribution < 1.29 is 0 Å². The van der Waals surface area contributed by atoms with Gasteiger partial charge in [-0.05, 0) is 58.0 Å². The average Bonchev–Trinajstić information content (AvgIpc) is 2.71. The number of hydrogen-bond acceptors (Lipinski definition) is 2. The number of nitrogens with zero attached hydrogens (tertiary/aromatic N) is 1. The highest BCUT2D eigenvalue weighted by atomic mass is 15.1. The quantitative estimate of drug-likeness (QED) is 0.713. The maximum Gasteiger partial charge on any atom is 0.00956 e. The average molecular weight is 254 g/mol.